The second kappa shape index (κ2) is 6.99. The molecule has 4 rings (SSSR count). The van der Waals surface area contributed by atoms with Gasteiger partial charge in [-0.15, -0.1) is 11.3 Å². The molecule has 0 aliphatic carbocycles. The van der Waals surface area contributed by atoms with Crippen LogP contribution in [0.1, 0.15) is 16.7 Å². The molecule has 4 aromatic rings. The highest BCUT2D eigenvalue weighted by molar-refractivity contribution is 7.17. The van der Waals surface area contributed by atoms with Gasteiger partial charge in [0.25, 0.3) is 0 Å². The Labute approximate surface area is 145 Å². The Kier molecular flexibility index (Phi) is 4.40. The zero-order chi connectivity index (χ0) is 16.2. The molecule has 0 atom stereocenters. The van der Waals surface area contributed by atoms with Gasteiger partial charge in [0.15, 0.2) is 0 Å². The summed E-state index contributed by atoms with van der Waals surface area (Å²) in [5.41, 5.74) is 3.95. The molecule has 4 heteroatoms. The van der Waals surface area contributed by atoms with E-state index in [1.807, 2.05) is 34.5 Å². The molecule has 1 N–H and O–H groups in total. The van der Waals surface area contributed by atoms with E-state index in [-0.39, 0.29) is 0 Å². The number of fused-ring (bicyclic) bond motifs is 1. The molecule has 24 heavy (non-hydrogen) atoms. The average molecular weight is 333 g/mol. The van der Waals surface area contributed by atoms with Crippen LogP contribution in [0.4, 0.5) is 0 Å². The first-order valence-electron chi connectivity index (χ1n) is 8.09. The highest BCUT2D eigenvalue weighted by Gasteiger charge is 2.03. The molecule has 0 spiro atoms. The van der Waals surface area contributed by atoms with E-state index in [4.69, 9.17) is 0 Å². The van der Waals surface area contributed by atoms with Crippen molar-refractivity contribution in [2.24, 2.45) is 0 Å². The normalized spacial score (nSPS) is 11.2. The van der Waals surface area contributed by atoms with Gasteiger partial charge in [0.1, 0.15) is 0 Å². The lowest BCUT2D eigenvalue weighted by Gasteiger charge is -2.06. The standard InChI is InChI=1S/C20H19N3S/c1-2-5-20-19(4-1)18(15-24-20)13-21-12-16-6-8-17(9-7-16)14-23-11-3-10-22-23/h1-11,15,21H,12-14H2. The number of aromatic nitrogens is 2. The summed E-state index contributed by atoms with van der Waals surface area (Å²) in [5.74, 6) is 0. The Morgan fingerprint density at radius 3 is 2.58 bits per heavy atom. The maximum absolute atomic E-state index is 4.24. The lowest BCUT2D eigenvalue weighted by molar-refractivity contribution is 0.683. The molecule has 0 aliphatic rings. The summed E-state index contributed by atoms with van der Waals surface area (Å²) in [5, 5.41) is 11.4. The molecule has 0 saturated heterocycles. The Hall–Kier alpha value is -2.43. The fraction of sp³-hybridized carbons (Fsp3) is 0.150. The minimum atomic E-state index is 0.821. The number of nitrogens with one attached hydrogen (secondary N) is 1. The van der Waals surface area contributed by atoms with Gasteiger partial charge in [0.05, 0.1) is 6.54 Å². The van der Waals surface area contributed by atoms with Crippen LogP contribution in [0, 0.1) is 0 Å². The van der Waals surface area contributed by atoms with Gasteiger partial charge in [-0.3, -0.25) is 4.68 Å². The SMILES string of the molecule is c1ccc2c(CNCc3ccc(Cn4cccn4)cc3)csc2c1. The molecule has 0 amide bonds. The van der Waals surface area contributed by atoms with Crippen molar-refractivity contribution in [3.8, 4) is 0 Å². The van der Waals surface area contributed by atoms with E-state index in [2.05, 4.69) is 64.3 Å². The third-order valence-corrected chi connectivity index (χ3v) is 5.14. The van der Waals surface area contributed by atoms with Gasteiger partial charge >= 0.3 is 0 Å². The second-order valence-corrected chi connectivity index (χ2v) is 6.79. The minimum Gasteiger partial charge on any atom is -0.309 e. The fourth-order valence-corrected chi connectivity index (χ4v) is 3.82. The summed E-state index contributed by atoms with van der Waals surface area (Å²) in [7, 11) is 0. The van der Waals surface area contributed by atoms with Gasteiger partial charge in [0.2, 0.25) is 0 Å². The van der Waals surface area contributed by atoms with E-state index in [1.165, 1.54) is 26.8 Å². The smallest absolute Gasteiger partial charge is 0.0659 e. The molecule has 0 unspecified atom stereocenters. The maximum Gasteiger partial charge on any atom is 0.0659 e. The zero-order valence-corrected chi connectivity index (χ0v) is 14.2. The van der Waals surface area contributed by atoms with Crippen molar-refractivity contribution in [2.45, 2.75) is 19.6 Å². The molecule has 0 saturated carbocycles. The molecule has 0 aliphatic heterocycles. The van der Waals surface area contributed by atoms with Crippen molar-refractivity contribution < 1.29 is 0 Å². The van der Waals surface area contributed by atoms with Crippen LogP contribution in [0.5, 0.6) is 0 Å². The summed E-state index contributed by atoms with van der Waals surface area (Å²) >= 11 is 1.82. The van der Waals surface area contributed by atoms with Crippen molar-refractivity contribution >= 4 is 21.4 Å². The number of rotatable bonds is 6. The molecule has 0 bridgehead atoms. The first-order valence-corrected chi connectivity index (χ1v) is 8.97. The van der Waals surface area contributed by atoms with Crippen molar-refractivity contribution in [3.63, 3.8) is 0 Å². The van der Waals surface area contributed by atoms with Crippen LogP contribution < -0.4 is 5.32 Å². The topological polar surface area (TPSA) is 29.9 Å². The van der Waals surface area contributed by atoms with Crippen LogP contribution in [0.25, 0.3) is 10.1 Å². The first kappa shape index (κ1) is 15.1. The van der Waals surface area contributed by atoms with Gasteiger partial charge < -0.3 is 5.32 Å². The molecule has 2 aromatic carbocycles. The predicted octanol–water partition coefficient (Wildman–Crippen LogP) is 4.44. The van der Waals surface area contributed by atoms with Crippen LogP contribution in [-0.2, 0) is 19.6 Å². The van der Waals surface area contributed by atoms with Crippen LogP contribution in [-0.4, -0.2) is 9.78 Å². The lowest BCUT2D eigenvalue weighted by atomic mass is 10.1. The Morgan fingerprint density at radius 1 is 0.917 bits per heavy atom. The molecular weight excluding hydrogens is 314 g/mol. The van der Waals surface area contributed by atoms with E-state index in [0.29, 0.717) is 0 Å². The Balaban J connectivity index is 1.34. The van der Waals surface area contributed by atoms with E-state index >= 15 is 0 Å². The summed E-state index contributed by atoms with van der Waals surface area (Å²) in [4.78, 5) is 0. The van der Waals surface area contributed by atoms with Gasteiger partial charge in [-0.25, -0.2) is 0 Å². The molecule has 0 radical (unpaired) electrons. The first-order chi connectivity index (χ1) is 11.9. The molecular formula is C20H19N3S. The van der Waals surface area contributed by atoms with Crippen molar-refractivity contribution in [3.05, 3.63) is 89.1 Å². The third kappa shape index (κ3) is 3.40. The zero-order valence-electron chi connectivity index (χ0n) is 13.4. The largest absolute Gasteiger partial charge is 0.309 e. The molecule has 2 heterocycles. The number of hydrogen-bond donors (Lipinski definition) is 1. The van der Waals surface area contributed by atoms with Crippen LogP contribution in [0.15, 0.2) is 72.4 Å². The van der Waals surface area contributed by atoms with Crippen LogP contribution in [0.3, 0.4) is 0 Å². The van der Waals surface area contributed by atoms with Crippen molar-refractivity contribution in [2.75, 3.05) is 0 Å². The van der Waals surface area contributed by atoms with Gasteiger partial charge in [-0.2, -0.15) is 5.10 Å². The Bertz CT molecular complexity index is 908. The van der Waals surface area contributed by atoms with Gasteiger partial charge in [-0.05, 0) is 39.6 Å². The molecule has 3 nitrogen and oxygen atoms in total. The highest BCUT2D eigenvalue weighted by atomic mass is 32.1. The summed E-state index contributed by atoms with van der Waals surface area (Å²) in [6.07, 6.45) is 3.80. The van der Waals surface area contributed by atoms with Crippen molar-refractivity contribution in [1.82, 2.24) is 15.1 Å². The third-order valence-electron chi connectivity index (χ3n) is 4.13. The monoisotopic (exact) mass is 333 g/mol. The summed E-state index contributed by atoms with van der Waals surface area (Å²) in [6.45, 7) is 2.60. The van der Waals surface area contributed by atoms with E-state index in [0.717, 1.165) is 19.6 Å². The van der Waals surface area contributed by atoms with Crippen molar-refractivity contribution in [1.29, 1.82) is 0 Å². The number of thiophene rings is 1. The maximum atomic E-state index is 4.24. The summed E-state index contributed by atoms with van der Waals surface area (Å²) in [6, 6.07) is 19.3. The fourth-order valence-electron chi connectivity index (χ4n) is 2.85. The van der Waals surface area contributed by atoms with Crippen LogP contribution in [0.2, 0.25) is 0 Å². The number of nitrogens with zero attached hydrogens (tertiary/aromatic N) is 2. The molecule has 0 fully saturated rings. The predicted molar refractivity (Wildman–Crippen MR) is 100 cm³/mol. The Morgan fingerprint density at radius 2 is 1.75 bits per heavy atom. The van der Waals surface area contributed by atoms with Crippen LogP contribution >= 0.6 is 11.3 Å². The highest BCUT2D eigenvalue weighted by Crippen LogP contribution is 2.25. The van der Waals surface area contributed by atoms with E-state index in [1.54, 1.807) is 0 Å². The quantitative estimate of drug-likeness (QED) is 0.565. The van der Waals surface area contributed by atoms with E-state index < -0.39 is 0 Å². The average Bonchev–Trinajstić information content (AvgIpc) is 3.27. The number of benzene rings is 2. The summed E-state index contributed by atoms with van der Waals surface area (Å²) < 4.78 is 3.30. The van der Waals surface area contributed by atoms with E-state index in [9.17, 15) is 0 Å². The minimum absolute atomic E-state index is 0.821. The molecule has 2 aromatic heterocycles. The van der Waals surface area contributed by atoms with Gasteiger partial charge in [0, 0.05) is 30.2 Å². The molecule has 120 valence electrons. The van der Waals surface area contributed by atoms with Gasteiger partial charge in [-0.1, -0.05) is 42.5 Å². The second-order valence-electron chi connectivity index (χ2n) is 5.88. The lowest BCUT2D eigenvalue weighted by Crippen LogP contribution is -2.12. The number of hydrogen-bond acceptors (Lipinski definition) is 3.